The Morgan fingerprint density at radius 2 is 1.88 bits per heavy atom. The summed E-state index contributed by atoms with van der Waals surface area (Å²) in [6.45, 7) is 4.59. The molecule has 0 bridgehead atoms. The Labute approximate surface area is 202 Å². The number of nitrogens with zero attached hydrogens (tertiary/aromatic N) is 2. The van der Waals surface area contributed by atoms with Crippen LogP contribution in [0.4, 0.5) is 4.79 Å². The van der Waals surface area contributed by atoms with Crippen LogP contribution in [0.2, 0.25) is 0 Å². The molecule has 1 aromatic carbocycles. The van der Waals surface area contributed by atoms with Gasteiger partial charge in [0, 0.05) is 43.3 Å². The molecule has 1 saturated heterocycles. The second-order valence-electron chi connectivity index (χ2n) is 7.96. The van der Waals surface area contributed by atoms with E-state index in [0.29, 0.717) is 49.8 Å². The molecular formula is C24H28N4O5S. The molecule has 2 N–H and O–H groups in total. The molecule has 34 heavy (non-hydrogen) atoms. The second kappa shape index (κ2) is 10.8. The van der Waals surface area contributed by atoms with Gasteiger partial charge in [0.25, 0.3) is 5.91 Å². The van der Waals surface area contributed by atoms with Gasteiger partial charge < -0.3 is 24.7 Å². The molecule has 0 spiro atoms. The van der Waals surface area contributed by atoms with Crippen LogP contribution in [0.1, 0.15) is 29.1 Å². The topological polar surface area (TPSA) is 104 Å². The minimum Gasteiger partial charge on any atom is -0.463 e. The maximum atomic E-state index is 13.0. The van der Waals surface area contributed by atoms with E-state index in [4.69, 9.17) is 9.15 Å². The molecule has 10 heteroatoms. The van der Waals surface area contributed by atoms with E-state index in [1.54, 1.807) is 35.7 Å². The molecule has 4 rings (SSSR count). The molecule has 180 valence electrons. The van der Waals surface area contributed by atoms with Gasteiger partial charge in [-0.05, 0) is 43.0 Å². The summed E-state index contributed by atoms with van der Waals surface area (Å²) in [5.41, 5.74) is 1.72. The number of furan rings is 1. The highest BCUT2D eigenvalue weighted by Crippen LogP contribution is 2.29. The van der Waals surface area contributed by atoms with Crippen LogP contribution < -0.4 is 10.6 Å². The van der Waals surface area contributed by atoms with Crippen molar-refractivity contribution in [2.75, 3.05) is 45.6 Å². The van der Waals surface area contributed by atoms with Gasteiger partial charge in [-0.1, -0.05) is 12.1 Å². The molecule has 3 heterocycles. The van der Waals surface area contributed by atoms with Gasteiger partial charge in [0.05, 0.1) is 24.5 Å². The van der Waals surface area contributed by atoms with Crippen molar-refractivity contribution in [3.05, 3.63) is 65.3 Å². The minimum atomic E-state index is -0.611. The number of thioether (sulfide) groups is 1. The monoisotopic (exact) mass is 484 g/mol. The molecule has 3 amide bonds. The summed E-state index contributed by atoms with van der Waals surface area (Å²) in [7, 11) is 0. The summed E-state index contributed by atoms with van der Waals surface area (Å²) in [4.78, 5) is 43.0. The Balaban J connectivity index is 1.53. The summed E-state index contributed by atoms with van der Waals surface area (Å²) in [5, 5.41) is 5.69. The van der Waals surface area contributed by atoms with Crippen molar-refractivity contribution in [2.24, 2.45) is 0 Å². The molecule has 2 aliphatic rings. The zero-order valence-electron chi connectivity index (χ0n) is 19.2. The fourth-order valence-electron chi connectivity index (χ4n) is 4.13. The smallest absolute Gasteiger partial charge is 0.338 e. The summed E-state index contributed by atoms with van der Waals surface area (Å²) in [5.74, 6) is -0.280. The number of piperazine rings is 1. The Kier molecular flexibility index (Phi) is 7.59. The Bertz CT molecular complexity index is 1060. The van der Waals surface area contributed by atoms with Crippen LogP contribution >= 0.6 is 11.8 Å². The van der Waals surface area contributed by atoms with Crippen molar-refractivity contribution in [3.8, 4) is 0 Å². The highest BCUT2D eigenvalue weighted by molar-refractivity contribution is 7.98. The molecule has 1 aromatic heterocycles. The first-order valence-corrected chi connectivity index (χ1v) is 12.4. The number of hydrogen-bond donors (Lipinski definition) is 2. The predicted molar refractivity (Wildman–Crippen MR) is 127 cm³/mol. The molecule has 9 nitrogen and oxygen atoms in total. The summed E-state index contributed by atoms with van der Waals surface area (Å²) >= 11 is 1.62. The normalized spacial score (nSPS) is 18.9. The van der Waals surface area contributed by atoms with Gasteiger partial charge >= 0.3 is 12.0 Å². The van der Waals surface area contributed by atoms with Crippen molar-refractivity contribution >= 4 is 29.7 Å². The van der Waals surface area contributed by atoms with Gasteiger partial charge in [0.2, 0.25) is 0 Å². The number of nitrogens with one attached hydrogen (secondary N) is 2. The van der Waals surface area contributed by atoms with Gasteiger partial charge in [0.15, 0.2) is 5.76 Å². The van der Waals surface area contributed by atoms with E-state index in [1.165, 1.54) is 6.26 Å². The number of amides is 3. The van der Waals surface area contributed by atoms with E-state index >= 15 is 0 Å². The fourth-order valence-corrected chi connectivity index (χ4v) is 4.54. The number of esters is 1. The predicted octanol–water partition coefficient (Wildman–Crippen LogP) is 2.63. The van der Waals surface area contributed by atoms with E-state index in [-0.39, 0.29) is 18.5 Å². The van der Waals surface area contributed by atoms with Crippen molar-refractivity contribution in [1.82, 2.24) is 20.4 Å². The molecule has 1 fully saturated rings. The number of benzene rings is 1. The van der Waals surface area contributed by atoms with E-state index in [2.05, 4.69) is 15.5 Å². The first kappa shape index (κ1) is 23.9. The average Bonchev–Trinajstić information content (AvgIpc) is 3.39. The van der Waals surface area contributed by atoms with Gasteiger partial charge in [-0.2, -0.15) is 0 Å². The highest BCUT2D eigenvalue weighted by atomic mass is 32.2. The number of carbonyl (C=O) groups is 3. The maximum absolute atomic E-state index is 13.0. The fraction of sp³-hybridized carbons (Fsp3) is 0.375. The summed E-state index contributed by atoms with van der Waals surface area (Å²) in [6.07, 6.45) is 3.48. The molecular weight excluding hydrogens is 456 g/mol. The highest BCUT2D eigenvalue weighted by Gasteiger charge is 2.35. The van der Waals surface area contributed by atoms with Gasteiger partial charge in [-0.15, -0.1) is 11.8 Å². The van der Waals surface area contributed by atoms with E-state index < -0.39 is 12.0 Å². The lowest BCUT2D eigenvalue weighted by atomic mass is 9.95. The molecule has 0 unspecified atom stereocenters. The Morgan fingerprint density at radius 1 is 1.15 bits per heavy atom. The number of hydrogen-bond acceptors (Lipinski definition) is 7. The largest absolute Gasteiger partial charge is 0.463 e. The molecule has 0 aliphatic carbocycles. The van der Waals surface area contributed by atoms with Gasteiger partial charge in [-0.3, -0.25) is 9.69 Å². The molecule has 1 atom stereocenters. The van der Waals surface area contributed by atoms with Crippen LogP contribution in [-0.2, 0) is 9.53 Å². The zero-order chi connectivity index (χ0) is 24.1. The van der Waals surface area contributed by atoms with E-state index in [1.807, 2.05) is 30.5 Å². The minimum absolute atomic E-state index is 0.139. The molecule has 2 aromatic rings. The van der Waals surface area contributed by atoms with Crippen molar-refractivity contribution in [2.45, 2.75) is 17.9 Å². The molecule has 2 aliphatic heterocycles. The maximum Gasteiger partial charge on any atom is 0.338 e. The second-order valence-corrected chi connectivity index (χ2v) is 8.84. The van der Waals surface area contributed by atoms with Crippen molar-refractivity contribution in [1.29, 1.82) is 0 Å². The number of urea groups is 1. The average molecular weight is 485 g/mol. The first-order chi connectivity index (χ1) is 16.5. The SMILES string of the molecule is CCOC(=O)C1=C(CN2CCN(C(=O)c3ccco3)CC2)NC(=O)N[C@H]1c1ccc(SC)cc1. The standard InChI is InChI=1S/C24H28N4O5S/c1-3-32-23(30)20-18(25-24(31)26-21(20)16-6-8-17(34-2)9-7-16)15-27-10-12-28(13-11-27)22(29)19-5-4-14-33-19/h4-9,14,21H,3,10-13,15H2,1-2H3,(H2,25,26,31)/t21-/m0/s1. The van der Waals surface area contributed by atoms with Crippen molar-refractivity contribution in [3.63, 3.8) is 0 Å². The van der Waals surface area contributed by atoms with Crippen LogP contribution in [0.3, 0.4) is 0 Å². The molecule has 0 saturated carbocycles. The third-order valence-corrected chi connectivity index (χ3v) is 6.61. The lowest BCUT2D eigenvalue weighted by molar-refractivity contribution is -0.139. The first-order valence-electron chi connectivity index (χ1n) is 11.2. The zero-order valence-corrected chi connectivity index (χ0v) is 20.0. The van der Waals surface area contributed by atoms with Gasteiger partial charge in [0.1, 0.15) is 0 Å². The number of rotatable bonds is 7. The Morgan fingerprint density at radius 3 is 2.50 bits per heavy atom. The van der Waals surface area contributed by atoms with Crippen LogP contribution in [-0.4, -0.2) is 73.3 Å². The van der Waals surface area contributed by atoms with Gasteiger partial charge in [-0.25, -0.2) is 9.59 Å². The van der Waals surface area contributed by atoms with E-state index in [0.717, 1.165) is 10.5 Å². The summed E-state index contributed by atoms with van der Waals surface area (Å²) < 4.78 is 10.6. The number of ether oxygens (including phenoxy) is 1. The lowest BCUT2D eigenvalue weighted by Gasteiger charge is -2.36. The number of carbonyl (C=O) groups excluding carboxylic acids is 3. The van der Waals surface area contributed by atoms with E-state index in [9.17, 15) is 14.4 Å². The Hall–Kier alpha value is -3.24. The van der Waals surface area contributed by atoms with Crippen LogP contribution in [0.25, 0.3) is 0 Å². The molecule has 0 radical (unpaired) electrons. The van der Waals surface area contributed by atoms with Crippen LogP contribution in [0.5, 0.6) is 0 Å². The summed E-state index contributed by atoms with van der Waals surface area (Å²) in [6, 6.07) is 10.1. The van der Waals surface area contributed by atoms with Crippen molar-refractivity contribution < 1.29 is 23.5 Å². The lowest BCUT2D eigenvalue weighted by Crippen LogP contribution is -2.52. The quantitative estimate of drug-likeness (QED) is 0.460. The third kappa shape index (κ3) is 5.28. The van der Waals surface area contributed by atoms with Crippen LogP contribution in [0, 0.1) is 0 Å². The third-order valence-electron chi connectivity index (χ3n) is 5.87. The van der Waals surface area contributed by atoms with Crippen LogP contribution in [0.15, 0.2) is 63.2 Å².